The van der Waals surface area contributed by atoms with Crippen LogP contribution < -0.4 is 4.90 Å². The van der Waals surface area contributed by atoms with Gasteiger partial charge in [-0.2, -0.15) is 0 Å². The molecule has 0 saturated carbocycles. The molecule has 94 valence electrons. The van der Waals surface area contributed by atoms with Crippen molar-refractivity contribution in [3.8, 4) is 0 Å². The number of carbonyl (C=O) groups is 2. The third-order valence-corrected chi connectivity index (χ3v) is 3.68. The number of carbonyl (C=O) groups excluding carboxylic acids is 2. The predicted octanol–water partition coefficient (Wildman–Crippen LogP) is 2.00. The van der Waals surface area contributed by atoms with Gasteiger partial charge >= 0.3 is 6.03 Å². The van der Waals surface area contributed by atoms with Gasteiger partial charge in [-0.1, -0.05) is 13.0 Å². The van der Waals surface area contributed by atoms with Crippen LogP contribution >= 0.6 is 0 Å². The Morgan fingerprint density at radius 2 is 2.11 bits per heavy atom. The molecule has 18 heavy (non-hydrogen) atoms. The molecule has 0 spiro atoms. The van der Waals surface area contributed by atoms with E-state index in [0.717, 1.165) is 11.3 Å². The number of amides is 3. The van der Waals surface area contributed by atoms with Gasteiger partial charge in [0, 0.05) is 6.54 Å². The number of imide groups is 1. The van der Waals surface area contributed by atoms with Gasteiger partial charge in [0.15, 0.2) is 0 Å². The van der Waals surface area contributed by atoms with Crippen molar-refractivity contribution < 1.29 is 14.0 Å². The summed E-state index contributed by atoms with van der Waals surface area (Å²) in [6.07, 6.45) is 0.846. The van der Waals surface area contributed by atoms with Gasteiger partial charge in [0.2, 0.25) is 0 Å². The summed E-state index contributed by atoms with van der Waals surface area (Å²) in [4.78, 5) is 27.1. The minimum absolute atomic E-state index is 0.167. The van der Waals surface area contributed by atoms with Gasteiger partial charge in [0.1, 0.15) is 11.9 Å². The van der Waals surface area contributed by atoms with E-state index in [2.05, 4.69) is 0 Å². The molecule has 2 heterocycles. The maximum Gasteiger partial charge on any atom is 0.332 e. The lowest BCUT2D eigenvalue weighted by molar-refractivity contribution is -0.120. The molecule has 2 atom stereocenters. The zero-order valence-corrected chi connectivity index (χ0v) is 9.97. The van der Waals surface area contributed by atoms with Gasteiger partial charge in [-0.25, -0.2) is 14.1 Å². The fourth-order valence-electron chi connectivity index (χ4n) is 2.75. The van der Waals surface area contributed by atoms with Crippen molar-refractivity contribution in [2.75, 3.05) is 11.4 Å². The molecule has 2 unspecified atom stereocenters. The Morgan fingerprint density at radius 3 is 2.78 bits per heavy atom. The Bertz CT molecular complexity index is 531. The molecule has 3 amide bonds. The van der Waals surface area contributed by atoms with Crippen LogP contribution in [-0.4, -0.2) is 29.4 Å². The van der Waals surface area contributed by atoms with E-state index in [-0.39, 0.29) is 23.9 Å². The Hall–Kier alpha value is -1.91. The highest BCUT2D eigenvalue weighted by Gasteiger charge is 2.51. The highest BCUT2D eigenvalue weighted by atomic mass is 19.1. The highest BCUT2D eigenvalue weighted by molar-refractivity contribution is 6.21. The van der Waals surface area contributed by atoms with Crippen molar-refractivity contribution in [3.63, 3.8) is 0 Å². The van der Waals surface area contributed by atoms with E-state index in [1.807, 2.05) is 6.92 Å². The Labute approximate surface area is 104 Å². The first-order chi connectivity index (χ1) is 8.59. The third kappa shape index (κ3) is 1.43. The number of rotatable bonds is 1. The number of hydrogen-bond donors (Lipinski definition) is 0. The van der Waals surface area contributed by atoms with Gasteiger partial charge in [-0.05, 0) is 30.5 Å². The molecule has 1 aromatic carbocycles. The van der Waals surface area contributed by atoms with E-state index in [4.69, 9.17) is 0 Å². The van der Waals surface area contributed by atoms with Gasteiger partial charge in [-0.15, -0.1) is 0 Å². The normalized spacial score (nSPS) is 27.0. The SMILES string of the molecule is CC1CCN2C(=O)N(c3cccc(F)c3)C(=O)C12. The first-order valence-corrected chi connectivity index (χ1v) is 6.00. The lowest BCUT2D eigenvalue weighted by atomic mass is 10.0. The van der Waals surface area contributed by atoms with E-state index in [9.17, 15) is 14.0 Å². The minimum Gasteiger partial charge on any atom is -0.312 e. The molecular weight excluding hydrogens is 235 g/mol. The Kier molecular flexibility index (Phi) is 2.36. The fraction of sp³-hybridized carbons (Fsp3) is 0.385. The minimum atomic E-state index is -0.451. The molecule has 2 saturated heterocycles. The summed E-state index contributed by atoms with van der Waals surface area (Å²) in [5.74, 6) is -0.524. The van der Waals surface area contributed by atoms with Crippen LogP contribution in [0, 0.1) is 11.7 Å². The second kappa shape index (κ2) is 3.80. The first-order valence-electron chi connectivity index (χ1n) is 6.00. The average Bonchev–Trinajstić information content (AvgIpc) is 2.81. The molecule has 2 aliphatic rings. The molecule has 0 radical (unpaired) electrons. The maximum absolute atomic E-state index is 13.2. The molecule has 0 N–H and O–H groups in total. The molecule has 2 aliphatic heterocycles. The number of fused-ring (bicyclic) bond motifs is 1. The van der Waals surface area contributed by atoms with Crippen molar-refractivity contribution in [1.82, 2.24) is 4.90 Å². The van der Waals surface area contributed by atoms with Gasteiger partial charge in [-0.3, -0.25) is 4.79 Å². The van der Waals surface area contributed by atoms with Crippen LogP contribution in [0.2, 0.25) is 0 Å². The van der Waals surface area contributed by atoms with Crippen molar-refractivity contribution in [3.05, 3.63) is 30.1 Å². The van der Waals surface area contributed by atoms with Gasteiger partial charge in [0.25, 0.3) is 5.91 Å². The largest absolute Gasteiger partial charge is 0.332 e. The fourth-order valence-corrected chi connectivity index (χ4v) is 2.75. The highest BCUT2D eigenvalue weighted by Crippen LogP contribution is 2.34. The summed E-state index contributed by atoms with van der Waals surface area (Å²) in [5.41, 5.74) is 0.312. The molecule has 1 aromatic rings. The third-order valence-electron chi connectivity index (χ3n) is 3.68. The van der Waals surface area contributed by atoms with E-state index >= 15 is 0 Å². The van der Waals surface area contributed by atoms with Crippen LogP contribution in [0.15, 0.2) is 24.3 Å². The van der Waals surface area contributed by atoms with Crippen LogP contribution in [0.4, 0.5) is 14.9 Å². The lowest BCUT2D eigenvalue weighted by Gasteiger charge is -2.15. The maximum atomic E-state index is 13.2. The molecule has 0 aromatic heterocycles. The number of benzene rings is 1. The molecule has 4 nitrogen and oxygen atoms in total. The van der Waals surface area contributed by atoms with Crippen molar-refractivity contribution in [2.24, 2.45) is 5.92 Å². The van der Waals surface area contributed by atoms with Crippen molar-refractivity contribution in [1.29, 1.82) is 0 Å². The zero-order valence-electron chi connectivity index (χ0n) is 9.97. The second-order valence-electron chi connectivity index (χ2n) is 4.84. The molecule has 3 rings (SSSR count). The topological polar surface area (TPSA) is 40.6 Å². The van der Waals surface area contributed by atoms with Crippen LogP contribution in [0.25, 0.3) is 0 Å². The number of urea groups is 1. The van der Waals surface area contributed by atoms with Crippen LogP contribution in [-0.2, 0) is 4.79 Å². The summed E-state index contributed by atoms with van der Waals surface area (Å²) in [6.45, 7) is 2.56. The standard InChI is InChI=1S/C13H13FN2O2/c1-8-5-6-15-11(8)12(17)16(13(15)18)10-4-2-3-9(14)7-10/h2-4,7-8,11H,5-6H2,1H3. The van der Waals surface area contributed by atoms with Crippen LogP contribution in [0.1, 0.15) is 13.3 Å². The van der Waals surface area contributed by atoms with Crippen LogP contribution in [0.5, 0.6) is 0 Å². The quantitative estimate of drug-likeness (QED) is 0.713. The van der Waals surface area contributed by atoms with Crippen molar-refractivity contribution >= 4 is 17.6 Å². The van der Waals surface area contributed by atoms with E-state index in [0.29, 0.717) is 12.2 Å². The molecule has 5 heteroatoms. The number of nitrogens with zero attached hydrogens (tertiary/aromatic N) is 2. The average molecular weight is 248 g/mol. The molecule has 2 fully saturated rings. The smallest absolute Gasteiger partial charge is 0.312 e. The number of hydrogen-bond acceptors (Lipinski definition) is 2. The Morgan fingerprint density at radius 1 is 1.33 bits per heavy atom. The zero-order chi connectivity index (χ0) is 12.9. The van der Waals surface area contributed by atoms with E-state index in [1.54, 1.807) is 11.0 Å². The lowest BCUT2D eigenvalue weighted by Crippen LogP contribution is -2.33. The summed E-state index contributed by atoms with van der Waals surface area (Å²) < 4.78 is 13.2. The summed E-state index contributed by atoms with van der Waals surface area (Å²) >= 11 is 0. The second-order valence-corrected chi connectivity index (χ2v) is 4.84. The summed E-state index contributed by atoms with van der Waals surface area (Å²) in [7, 11) is 0. The molecule has 0 bridgehead atoms. The predicted molar refractivity (Wildman–Crippen MR) is 63.6 cm³/mol. The van der Waals surface area contributed by atoms with Crippen molar-refractivity contribution in [2.45, 2.75) is 19.4 Å². The van der Waals surface area contributed by atoms with E-state index < -0.39 is 5.82 Å². The molecular formula is C13H13FN2O2. The first kappa shape index (κ1) is 11.2. The summed E-state index contributed by atoms with van der Waals surface area (Å²) in [6, 6.07) is 4.87. The van der Waals surface area contributed by atoms with Gasteiger partial charge < -0.3 is 4.90 Å². The van der Waals surface area contributed by atoms with Crippen LogP contribution in [0.3, 0.4) is 0 Å². The van der Waals surface area contributed by atoms with E-state index in [1.165, 1.54) is 18.2 Å². The molecule has 0 aliphatic carbocycles. The number of halogens is 1. The monoisotopic (exact) mass is 248 g/mol. The number of anilines is 1. The van der Waals surface area contributed by atoms with Gasteiger partial charge in [0.05, 0.1) is 5.69 Å². The summed E-state index contributed by atoms with van der Waals surface area (Å²) in [5, 5.41) is 0. The Balaban J connectivity index is 2.00.